The molecule has 1 heteroatoms. The highest BCUT2D eigenvalue weighted by atomic mass is 16.1. The van der Waals surface area contributed by atoms with Crippen molar-refractivity contribution >= 4 is 5.78 Å². The number of Topliss-reactive ketones (excluding diaryl/α,β-unsaturated/α-hetero) is 1. The van der Waals surface area contributed by atoms with Crippen molar-refractivity contribution in [1.82, 2.24) is 0 Å². The van der Waals surface area contributed by atoms with Gasteiger partial charge in [0, 0.05) is 12.3 Å². The molecule has 0 aliphatic heterocycles. The number of fused-ring (bicyclic) bond motifs is 1. The van der Waals surface area contributed by atoms with Crippen molar-refractivity contribution in [3.05, 3.63) is 12.2 Å². The Morgan fingerprint density at radius 3 is 3.09 bits per heavy atom. The van der Waals surface area contributed by atoms with Gasteiger partial charge in [-0.15, -0.1) is 0 Å². The Morgan fingerprint density at radius 1 is 1.36 bits per heavy atom. The van der Waals surface area contributed by atoms with Gasteiger partial charge in [0.25, 0.3) is 0 Å². The maximum atomic E-state index is 11.4. The van der Waals surface area contributed by atoms with Crippen molar-refractivity contribution in [2.75, 3.05) is 0 Å². The lowest BCUT2D eigenvalue weighted by atomic mass is 9.73. The summed E-state index contributed by atoms with van der Waals surface area (Å²) in [6.07, 6.45) is 9.92. The van der Waals surface area contributed by atoms with E-state index in [0.717, 1.165) is 25.7 Å². The molecule has 0 amide bonds. The van der Waals surface area contributed by atoms with Crippen LogP contribution in [0.5, 0.6) is 0 Å². The summed E-state index contributed by atoms with van der Waals surface area (Å²) in [5.41, 5.74) is 0. The molecule has 2 aliphatic carbocycles. The van der Waals surface area contributed by atoms with E-state index in [1.807, 2.05) is 0 Å². The molecule has 11 heavy (non-hydrogen) atoms. The van der Waals surface area contributed by atoms with E-state index < -0.39 is 0 Å². The first-order chi connectivity index (χ1) is 5.38. The fraction of sp³-hybridized carbons (Fsp3) is 0.700. The maximum absolute atomic E-state index is 11.4. The zero-order valence-electron chi connectivity index (χ0n) is 6.75. The van der Waals surface area contributed by atoms with E-state index in [9.17, 15) is 4.79 Å². The van der Waals surface area contributed by atoms with Crippen LogP contribution in [-0.4, -0.2) is 5.78 Å². The maximum Gasteiger partial charge on any atom is 0.136 e. The first kappa shape index (κ1) is 7.08. The zero-order chi connectivity index (χ0) is 7.68. The third kappa shape index (κ3) is 1.24. The van der Waals surface area contributed by atoms with Gasteiger partial charge in [-0.2, -0.15) is 0 Å². The molecule has 0 aromatic carbocycles. The van der Waals surface area contributed by atoms with Crippen LogP contribution in [0.2, 0.25) is 0 Å². The largest absolute Gasteiger partial charge is 0.299 e. The summed E-state index contributed by atoms with van der Waals surface area (Å²) in [4.78, 5) is 11.4. The van der Waals surface area contributed by atoms with Gasteiger partial charge in [-0.3, -0.25) is 4.79 Å². The van der Waals surface area contributed by atoms with Crippen LogP contribution in [0.15, 0.2) is 12.2 Å². The first-order valence-electron chi connectivity index (χ1n) is 4.57. The molecule has 1 fully saturated rings. The molecule has 60 valence electrons. The molecule has 0 N–H and O–H groups in total. The zero-order valence-corrected chi connectivity index (χ0v) is 6.75. The molecular formula is C10H14O. The van der Waals surface area contributed by atoms with Crippen molar-refractivity contribution in [2.45, 2.75) is 32.1 Å². The summed E-state index contributed by atoms with van der Waals surface area (Å²) in [5.74, 6) is 1.52. The van der Waals surface area contributed by atoms with Crippen LogP contribution in [-0.2, 0) is 4.79 Å². The number of carbonyl (C=O) groups excluding carboxylic acids is 1. The third-order valence-corrected chi connectivity index (χ3v) is 2.92. The van der Waals surface area contributed by atoms with Gasteiger partial charge in [-0.05, 0) is 31.6 Å². The third-order valence-electron chi connectivity index (χ3n) is 2.92. The minimum absolute atomic E-state index is 0.397. The molecule has 1 nitrogen and oxygen atoms in total. The number of allylic oxidation sites excluding steroid dienone is 2. The van der Waals surface area contributed by atoms with Crippen LogP contribution in [0.25, 0.3) is 0 Å². The quantitative estimate of drug-likeness (QED) is 0.484. The van der Waals surface area contributed by atoms with Crippen LogP contribution >= 0.6 is 0 Å². The summed E-state index contributed by atoms with van der Waals surface area (Å²) in [7, 11) is 0. The second-order valence-electron chi connectivity index (χ2n) is 3.63. The van der Waals surface area contributed by atoms with Crippen molar-refractivity contribution in [3.63, 3.8) is 0 Å². The van der Waals surface area contributed by atoms with Crippen molar-refractivity contribution in [3.8, 4) is 0 Å². The van der Waals surface area contributed by atoms with Crippen molar-refractivity contribution in [2.24, 2.45) is 11.8 Å². The number of carbonyl (C=O) groups is 1. The van der Waals surface area contributed by atoms with Crippen LogP contribution in [0.4, 0.5) is 0 Å². The minimum Gasteiger partial charge on any atom is -0.299 e. The van der Waals surface area contributed by atoms with E-state index in [-0.39, 0.29) is 0 Å². The second kappa shape index (κ2) is 2.80. The van der Waals surface area contributed by atoms with Crippen molar-refractivity contribution < 1.29 is 4.79 Å². The van der Waals surface area contributed by atoms with E-state index in [1.165, 1.54) is 6.42 Å². The molecule has 0 unspecified atom stereocenters. The van der Waals surface area contributed by atoms with E-state index in [2.05, 4.69) is 12.2 Å². The highest BCUT2D eigenvalue weighted by molar-refractivity contribution is 5.82. The molecule has 1 saturated carbocycles. The van der Waals surface area contributed by atoms with E-state index in [0.29, 0.717) is 17.6 Å². The number of hydrogen-bond donors (Lipinski definition) is 0. The number of rotatable bonds is 0. The van der Waals surface area contributed by atoms with Gasteiger partial charge in [-0.25, -0.2) is 0 Å². The summed E-state index contributed by atoms with van der Waals surface area (Å²) in [6, 6.07) is 0. The molecule has 2 rings (SSSR count). The van der Waals surface area contributed by atoms with Gasteiger partial charge in [0.1, 0.15) is 5.78 Å². The van der Waals surface area contributed by atoms with Crippen molar-refractivity contribution in [1.29, 1.82) is 0 Å². The summed E-state index contributed by atoms with van der Waals surface area (Å²) in [5, 5.41) is 0. The molecule has 0 radical (unpaired) electrons. The fourth-order valence-electron chi connectivity index (χ4n) is 2.29. The Hall–Kier alpha value is -0.590. The van der Waals surface area contributed by atoms with Crippen LogP contribution in [0.3, 0.4) is 0 Å². The first-order valence-corrected chi connectivity index (χ1v) is 4.57. The molecule has 0 bridgehead atoms. The Balaban J connectivity index is 2.15. The Bertz CT molecular complexity index is 193. The average molecular weight is 150 g/mol. The normalized spacial score (nSPS) is 36.9. The lowest BCUT2D eigenvalue weighted by Crippen LogP contribution is -2.28. The van der Waals surface area contributed by atoms with Gasteiger partial charge in [0.15, 0.2) is 0 Å². The predicted octanol–water partition coefficient (Wildman–Crippen LogP) is 2.32. The average Bonchev–Trinajstić information content (AvgIpc) is 2.06. The molecule has 0 aromatic heterocycles. The molecule has 0 saturated heterocycles. The standard InChI is InChI=1S/C10H14O/c11-10-7-3-5-8-4-1-2-6-9(8)10/h1,4,8-9H,2-3,5-7H2/t8-,9+/m1/s1. The van der Waals surface area contributed by atoms with Crippen LogP contribution in [0, 0.1) is 11.8 Å². The molecule has 2 aliphatic rings. The highest BCUT2D eigenvalue weighted by Gasteiger charge is 2.30. The lowest BCUT2D eigenvalue weighted by Gasteiger charge is -2.30. The SMILES string of the molecule is O=C1CCC[C@H]2C=CCC[C@H]12. The van der Waals surface area contributed by atoms with Gasteiger partial charge in [0.05, 0.1) is 0 Å². The summed E-state index contributed by atoms with van der Waals surface area (Å²) in [6.45, 7) is 0. The molecule has 0 aromatic rings. The molecule has 2 atom stereocenters. The van der Waals surface area contributed by atoms with E-state index >= 15 is 0 Å². The van der Waals surface area contributed by atoms with Gasteiger partial charge in [0.2, 0.25) is 0 Å². The number of ketones is 1. The van der Waals surface area contributed by atoms with Gasteiger partial charge < -0.3 is 0 Å². The molecular weight excluding hydrogens is 136 g/mol. The summed E-state index contributed by atoms with van der Waals surface area (Å²) < 4.78 is 0. The highest BCUT2D eigenvalue weighted by Crippen LogP contribution is 2.34. The molecule has 0 spiro atoms. The minimum atomic E-state index is 0.397. The smallest absolute Gasteiger partial charge is 0.136 e. The van der Waals surface area contributed by atoms with Crippen LogP contribution in [0.1, 0.15) is 32.1 Å². The predicted molar refractivity (Wildman–Crippen MR) is 44.2 cm³/mol. The topological polar surface area (TPSA) is 17.1 Å². The Kier molecular flexibility index (Phi) is 1.80. The monoisotopic (exact) mass is 150 g/mol. The van der Waals surface area contributed by atoms with E-state index in [4.69, 9.17) is 0 Å². The van der Waals surface area contributed by atoms with E-state index in [1.54, 1.807) is 0 Å². The van der Waals surface area contributed by atoms with Crippen LogP contribution < -0.4 is 0 Å². The Morgan fingerprint density at radius 2 is 2.27 bits per heavy atom. The second-order valence-corrected chi connectivity index (χ2v) is 3.63. The molecule has 0 heterocycles. The van der Waals surface area contributed by atoms with Gasteiger partial charge >= 0.3 is 0 Å². The fourth-order valence-corrected chi connectivity index (χ4v) is 2.29. The summed E-state index contributed by atoms with van der Waals surface area (Å²) >= 11 is 0. The number of hydrogen-bond acceptors (Lipinski definition) is 1. The van der Waals surface area contributed by atoms with Gasteiger partial charge in [-0.1, -0.05) is 12.2 Å². The lowest BCUT2D eigenvalue weighted by molar-refractivity contribution is -0.126. The Labute approximate surface area is 67.5 Å².